The Morgan fingerprint density at radius 1 is 1.24 bits per heavy atom. The van der Waals surface area contributed by atoms with Gasteiger partial charge in [-0.3, -0.25) is 9.71 Å². The first kappa shape index (κ1) is 15.6. The molecule has 5 nitrogen and oxygen atoms in total. The molecule has 7 heteroatoms. The summed E-state index contributed by atoms with van der Waals surface area (Å²) in [5.74, 6) is 0. The van der Waals surface area contributed by atoms with E-state index < -0.39 is 10.0 Å². The number of hydrogen-bond donors (Lipinski definition) is 2. The van der Waals surface area contributed by atoms with E-state index in [1.807, 2.05) is 19.1 Å². The fraction of sp³-hybridized carbons (Fsp3) is 0.214. The number of hydrogen-bond acceptors (Lipinski definition) is 4. The predicted molar refractivity (Wildman–Crippen MR) is 86.2 cm³/mol. The third-order valence-electron chi connectivity index (χ3n) is 2.73. The molecule has 0 spiro atoms. The first-order chi connectivity index (χ1) is 9.83. The molecular formula is C14H16ClN3O2S. The van der Waals surface area contributed by atoms with Gasteiger partial charge in [0, 0.05) is 18.4 Å². The van der Waals surface area contributed by atoms with Crippen LogP contribution in [0.1, 0.15) is 11.3 Å². The number of sulfonamides is 1. The summed E-state index contributed by atoms with van der Waals surface area (Å²) in [6, 6.07) is 8.82. The van der Waals surface area contributed by atoms with Gasteiger partial charge < -0.3 is 5.32 Å². The maximum atomic E-state index is 11.2. The van der Waals surface area contributed by atoms with Crippen molar-refractivity contribution in [3.8, 4) is 0 Å². The van der Waals surface area contributed by atoms with Crippen LogP contribution in [0.25, 0.3) is 0 Å². The lowest BCUT2D eigenvalue weighted by atomic mass is 10.2. The molecule has 0 unspecified atom stereocenters. The van der Waals surface area contributed by atoms with E-state index in [4.69, 9.17) is 11.6 Å². The van der Waals surface area contributed by atoms with Crippen molar-refractivity contribution in [2.75, 3.05) is 16.3 Å². The van der Waals surface area contributed by atoms with Crippen molar-refractivity contribution >= 4 is 33.0 Å². The third kappa shape index (κ3) is 4.91. The maximum absolute atomic E-state index is 11.2. The second kappa shape index (κ2) is 6.32. The number of aromatic nitrogens is 1. The zero-order valence-electron chi connectivity index (χ0n) is 11.7. The topological polar surface area (TPSA) is 71.1 Å². The summed E-state index contributed by atoms with van der Waals surface area (Å²) in [5.41, 5.74) is 3.09. The second-order valence-corrected chi connectivity index (χ2v) is 6.89. The largest absolute Gasteiger partial charge is 0.380 e. The lowest BCUT2D eigenvalue weighted by Crippen LogP contribution is -2.10. The van der Waals surface area contributed by atoms with Crippen molar-refractivity contribution in [3.63, 3.8) is 0 Å². The number of nitrogens with one attached hydrogen (secondary N) is 2. The van der Waals surface area contributed by atoms with Crippen LogP contribution in [0.3, 0.4) is 0 Å². The monoisotopic (exact) mass is 325 g/mol. The molecule has 0 radical (unpaired) electrons. The Bertz CT molecular complexity index is 730. The molecule has 0 amide bonds. The van der Waals surface area contributed by atoms with E-state index in [9.17, 15) is 8.42 Å². The Labute approximate surface area is 129 Å². The van der Waals surface area contributed by atoms with Gasteiger partial charge in [-0.2, -0.15) is 0 Å². The summed E-state index contributed by atoms with van der Waals surface area (Å²) in [6.07, 6.45) is 2.89. The van der Waals surface area contributed by atoms with Crippen LogP contribution in [0.5, 0.6) is 0 Å². The van der Waals surface area contributed by atoms with E-state index in [-0.39, 0.29) is 0 Å². The van der Waals surface area contributed by atoms with Crippen molar-refractivity contribution in [3.05, 3.63) is 52.8 Å². The van der Waals surface area contributed by atoms with Crippen LogP contribution in [0.15, 0.2) is 36.5 Å². The highest BCUT2D eigenvalue weighted by molar-refractivity contribution is 7.92. The number of benzene rings is 1. The quantitative estimate of drug-likeness (QED) is 0.886. The van der Waals surface area contributed by atoms with Crippen molar-refractivity contribution in [2.24, 2.45) is 0 Å². The van der Waals surface area contributed by atoms with Crippen LogP contribution in [0.2, 0.25) is 5.02 Å². The predicted octanol–water partition coefficient (Wildman–Crippen LogP) is 3.03. The molecule has 2 N–H and O–H groups in total. The SMILES string of the molecule is Cc1ccc(CNc2cc(NS(C)(=O)=O)ccc2Cl)cn1. The molecule has 1 heterocycles. The molecule has 1 aromatic carbocycles. The highest BCUT2D eigenvalue weighted by Crippen LogP contribution is 2.26. The Morgan fingerprint density at radius 3 is 2.62 bits per heavy atom. The molecule has 21 heavy (non-hydrogen) atoms. The smallest absolute Gasteiger partial charge is 0.229 e. The van der Waals surface area contributed by atoms with Crippen LogP contribution in [0.4, 0.5) is 11.4 Å². The Kier molecular flexibility index (Phi) is 4.69. The highest BCUT2D eigenvalue weighted by Gasteiger charge is 2.06. The van der Waals surface area contributed by atoms with Crippen molar-refractivity contribution < 1.29 is 8.42 Å². The fourth-order valence-corrected chi connectivity index (χ4v) is 2.48. The van der Waals surface area contributed by atoms with E-state index in [1.165, 1.54) is 0 Å². The molecule has 0 fully saturated rings. The number of aryl methyl sites for hydroxylation is 1. The zero-order chi connectivity index (χ0) is 15.5. The van der Waals surface area contributed by atoms with Crippen LogP contribution >= 0.6 is 11.6 Å². The molecule has 1 aromatic heterocycles. The van der Waals surface area contributed by atoms with Crippen LogP contribution in [-0.4, -0.2) is 19.7 Å². The van der Waals surface area contributed by atoms with Crippen LogP contribution in [0, 0.1) is 6.92 Å². The highest BCUT2D eigenvalue weighted by atomic mass is 35.5. The van der Waals surface area contributed by atoms with Gasteiger partial charge in [0.2, 0.25) is 10.0 Å². The minimum absolute atomic E-state index is 0.464. The number of anilines is 2. The lowest BCUT2D eigenvalue weighted by molar-refractivity contribution is 0.607. The third-order valence-corrected chi connectivity index (χ3v) is 3.66. The van der Waals surface area contributed by atoms with Gasteiger partial charge in [0.15, 0.2) is 0 Å². The van der Waals surface area contributed by atoms with Crippen LogP contribution < -0.4 is 10.0 Å². The molecule has 112 valence electrons. The fourth-order valence-electron chi connectivity index (χ4n) is 1.74. The average Bonchev–Trinajstić information content (AvgIpc) is 2.39. The number of halogens is 1. The summed E-state index contributed by atoms with van der Waals surface area (Å²) >= 11 is 6.10. The van der Waals surface area contributed by atoms with Gasteiger partial charge >= 0.3 is 0 Å². The summed E-state index contributed by atoms with van der Waals surface area (Å²) in [6.45, 7) is 2.48. The number of rotatable bonds is 5. The van der Waals surface area contributed by atoms with E-state index in [0.29, 0.717) is 22.9 Å². The number of pyridine rings is 1. The zero-order valence-corrected chi connectivity index (χ0v) is 13.3. The molecule has 0 bridgehead atoms. The normalized spacial score (nSPS) is 11.2. The van der Waals surface area contributed by atoms with Gasteiger partial charge in [-0.15, -0.1) is 0 Å². The van der Waals surface area contributed by atoms with E-state index in [1.54, 1.807) is 24.4 Å². The summed E-state index contributed by atoms with van der Waals surface area (Å²) < 4.78 is 24.9. The Balaban J connectivity index is 2.12. The summed E-state index contributed by atoms with van der Waals surface area (Å²) in [5, 5.41) is 3.69. The van der Waals surface area contributed by atoms with Crippen molar-refractivity contribution in [1.29, 1.82) is 0 Å². The molecule has 0 atom stereocenters. The minimum Gasteiger partial charge on any atom is -0.380 e. The van der Waals surface area contributed by atoms with Gasteiger partial charge in [0.05, 0.1) is 22.7 Å². The molecule has 0 saturated carbocycles. The van der Waals surface area contributed by atoms with Crippen molar-refractivity contribution in [1.82, 2.24) is 4.98 Å². The van der Waals surface area contributed by atoms with Gasteiger partial charge in [0.1, 0.15) is 0 Å². The van der Waals surface area contributed by atoms with Gasteiger partial charge in [-0.25, -0.2) is 8.42 Å². The Morgan fingerprint density at radius 2 is 2.00 bits per heavy atom. The van der Waals surface area contributed by atoms with Crippen LogP contribution in [-0.2, 0) is 16.6 Å². The Hall–Kier alpha value is -1.79. The summed E-state index contributed by atoms with van der Waals surface area (Å²) in [4.78, 5) is 4.22. The van der Waals surface area contributed by atoms with Gasteiger partial charge in [-0.1, -0.05) is 17.7 Å². The molecule has 2 aromatic rings. The second-order valence-electron chi connectivity index (χ2n) is 4.73. The molecule has 0 aliphatic heterocycles. The molecule has 2 rings (SSSR count). The van der Waals surface area contributed by atoms with Gasteiger partial charge in [-0.05, 0) is 36.8 Å². The average molecular weight is 326 g/mol. The maximum Gasteiger partial charge on any atom is 0.229 e. The standard InChI is InChI=1S/C14H16ClN3O2S/c1-10-3-4-11(8-16-10)9-17-14-7-12(5-6-13(14)15)18-21(2,19)20/h3-8,17-18H,9H2,1-2H3. The lowest BCUT2D eigenvalue weighted by Gasteiger charge is -2.11. The summed E-state index contributed by atoms with van der Waals surface area (Å²) in [7, 11) is -3.31. The first-order valence-corrected chi connectivity index (χ1v) is 8.53. The molecular weight excluding hydrogens is 310 g/mol. The molecule has 0 aliphatic carbocycles. The van der Waals surface area contributed by atoms with E-state index in [2.05, 4.69) is 15.0 Å². The first-order valence-electron chi connectivity index (χ1n) is 6.26. The number of nitrogens with zero attached hydrogens (tertiary/aromatic N) is 1. The van der Waals surface area contributed by atoms with E-state index >= 15 is 0 Å². The van der Waals surface area contributed by atoms with E-state index in [0.717, 1.165) is 17.5 Å². The molecule has 0 saturated heterocycles. The molecule has 0 aliphatic rings. The minimum atomic E-state index is -3.31. The van der Waals surface area contributed by atoms with Crippen molar-refractivity contribution in [2.45, 2.75) is 13.5 Å². The van der Waals surface area contributed by atoms with Gasteiger partial charge in [0.25, 0.3) is 0 Å².